The highest BCUT2D eigenvalue weighted by Crippen LogP contribution is 2.13. The number of amides is 1. The van der Waals surface area contributed by atoms with Crippen LogP contribution in [0.5, 0.6) is 0 Å². The molecular weight excluding hydrogens is 288 g/mol. The summed E-state index contributed by atoms with van der Waals surface area (Å²) in [5.41, 5.74) is 0.609. The van der Waals surface area contributed by atoms with Crippen molar-refractivity contribution < 1.29 is 9.59 Å². The Hall–Kier alpha value is -1.86. The van der Waals surface area contributed by atoms with Gasteiger partial charge < -0.3 is 4.90 Å². The van der Waals surface area contributed by atoms with E-state index in [1.165, 1.54) is 0 Å². The smallest absolute Gasteiger partial charge is 0.222 e. The Bertz CT molecular complexity index is 534. The number of halogens is 1. The molecule has 1 rings (SSSR count). The van der Waals surface area contributed by atoms with Crippen LogP contribution in [0, 0.1) is 11.3 Å². The van der Waals surface area contributed by atoms with Gasteiger partial charge in [-0.1, -0.05) is 11.6 Å². The lowest BCUT2D eigenvalue weighted by atomic mass is 10.1. The number of ketones is 1. The standard InChI is InChI=1S/C16H19ClN2O2/c1-12(10-11-18)19(2)16(21)5-3-4-15(20)13-6-8-14(17)9-7-13/h6-9,12H,3-5,10H2,1-2H3. The second kappa shape index (κ2) is 8.43. The number of carbonyl (C=O) groups is 2. The van der Waals surface area contributed by atoms with E-state index in [-0.39, 0.29) is 17.7 Å². The maximum absolute atomic E-state index is 11.9. The minimum Gasteiger partial charge on any atom is -0.342 e. The first kappa shape index (κ1) is 17.2. The van der Waals surface area contributed by atoms with Crippen molar-refractivity contribution in [3.63, 3.8) is 0 Å². The van der Waals surface area contributed by atoms with Gasteiger partial charge in [-0.3, -0.25) is 9.59 Å². The van der Waals surface area contributed by atoms with Gasteiger partial charge >= 0.3 is 0 Å². The van der Waals surface area contributed by atoms with Crippen LogP contribution in [0.4, 0.5) is 0 Å². The van der Waals surface area contributed by atoms with Crippen LogP contribution in [0.2, 0.25) is 5.02 Å². The Balaban J connectivity index is 2.39. The van der Waals surface area contributed by atoms with E-state index in [9.17, 15) is 9.59 Å². The zero-order valence-electron chi connectivity index (χ0n) is 12.3. The van der Waals surface area contributed by atoms with Crippen molar-refractivity contribution in [2.24, 2.45) is 0 Å². The summed E-state index contributed by atoms with van der Waals surface area (Å²) >= 11 is 5.77. The molecule has 0 aromatic heterocycles. The number of benzene rings is 1. The van der Waals surface area contributed by atoms with Gasteiger partial charge in [0.15, 0.2) is 5.78 Å². The van der Waals surface area contributed by atoms with Gasteiger partial charge in [-0.15, -0.1) is 0 Å². The van der Waals surface area contributed by atoms with Crippen molar-refractivity contribution in [2.45, 2.75) is 38.6 Å². The van der Waals surface area contributed by atoms with E-state index in [1.807, 2.05) is 13.0 Å². The molecule has 0 bridgehead atoms. The summed E-state index contributed by atoms with van der Waals surface area (Å²) in [4.78, 5) is 25.4. The summed E-state index contributed by atoms with van der Waals surface area (Å²) in [6.07, 6.45) is 1.45. The third-order valence-corrected chi connectivity index (χ3v) is 3.65. The van der Waals surface area contributed by atoms with Gasteiger partial charge in [-0.25, -0.2) is 0 Å². The topological polar surface area (TPSA) is 61.2 Å². The van der Waals surface area contributed by atoms with Gasteiger partial charge in [-0.05, 0) is 37.6 Å². The summed E-state index contributed by atoms with van der Waals surface area (Å²) in [6, 6.07) is 8.67. The van der Waals surface area contributed by atoms with Crippen molar-refractivity contribution >= 4 is 23.3 Å². The SMILES string of the molecule is CC(CC#N)N(C)C(=O)CCCC(=O)c1ccc(Cl)cc1. The van der Waals surface area contributed by atoms with Crippen LogP contribution in [-0.2, 0) is 4.79 Å². The van der Waals surface area contributed by atoms with Gasteiger partial charge in [0.1, 0.15) is 0 Å². The van der Waals surface area contributed by atoms with Crippen molar-refractivity contribution in [2.75, 3.05) is 7.05 Å². The number of nitrogens with zero attached hydrogens (tertiary/aromatic N) is 2. The largest absolute Gasteiger partial charge is 0.342 e. The predicted molar refractivity (Wildman–Crippen MR) is 82.1 cm³/mol. The highest BCUT2D eigenvalue weighted by Gasteiger charge is 2.15. The highest BCUT2D eigenvalue weighted by atomic mass is 35.5. The Morgan fingerprint density at radius 1 is 1.29 bits per heavy atom. The zero-order chi connectivity index (χ0) is 15.8. The van der Waals surface area contributed by atoms with Crippen molar-refractivity contribution in [3.8, 4) is 6.07 Å². The monoisotopic (exact) mass is 306 g/mol. The molecule has 0 N–H and O–H groups in total. The molecule has 4 nitrogen and oxygen atoms in total. The lowest BCUT2D eigenvalue weighted by Gasteiger charge is -2.22. The minimum absolute atomic E-state index is 0.00666. The number of hydrogen-bond acceptors (Lipinski definition) is 3. The third-order valence-electron chi connectivity index (χ3n) is 3.40. The minimum atomic E-state index is -0.102. The first-order chi connectivity index (χ1) is 9.95. The highest BCUT2D eigenvalue weighted by molar-refractivity contribution is 6.30. The second-order valence-electron chi connectivity index (χ2n) is 5.00. The van der Waals surface area contributed by atoms with Gasteiger partial charge in [0.25, 0.3) is 0 Å². The molecule has 0 aliphatic rings. The molecule has 1 unspecified atom stereocenters. The number of hydrogen-bond donors (Lipinski definition) is 0. The average Bonchev–Trinajstić information content (AvgIpc) is 2.47. The quantitative estimate of drug-likeness (QED) is 0.725. The molecule has 112 valence electrons. The van der Waals surface area contributed by atoms with E-state index in [0.717, 1.165) is 0 Å². The molecular formula is C16H19ClN2O2. The van der Waals surface area contributed by atoms with Crippen LogP contribution in [0.25, 0.3) is 0 Å². The molecule has 1 aromatic rings. The van der Waals surface area contributed by atoms with Crippen LogP contribution in [0.15, 0.2) is 24.3 Å². The molecule has 21 heavy (non-hydrogen) atoms. The Labute approximate surface area is 130 Å². The molecule has 1 aromatic carbocycles. The lowest BCUT2D eigenvalue weighted by Crippen LogP contribution is -2.34. The van der Waals surface area contributed by atoms with E-state index in [4.69, 9.17) is 16.9 Å². The fourth-order valence-corrected chi connectivity index (χ4v) is 2.00. The van der Waals surface area contributed by atoms with E-state index in [2.05, 4.69) is 0 Å². The maximum Gasteiger partial charge on any atom is 0.222 e. The number of carbonyl (C=O) groups excluding carboxylic acids is 2. The fraction of sp³-hybridized carbons (Fsp3) is 0.438. The van der Waals surface area contributed by atoms with E-state index < -0.39 is 0 Å². The molecule has 0 spiro atoms. The van der Waals surface area contributed by atoms with Gasteiger partial charge in [0.2, 0.25) is 5.91 Å². The Kier molecular flexibility index (Phi) is 6.90. The summed E-state index contributed by atoms with van der Waals surface area (Å²) in [6.45, 7) is 1.83. The zero-order valence-corrected chi connectivity index (χ0v) is 13.1. The van der Waals surface area contributed by atoms with Crippen LogP contribution >= 0.6 is 11.6 Å². The molecule has 0 heterocycles. The van der Waals surface area contributed by atoms with Crippen LogP contribution in [0.1, 0.15) is 43.0 Å². The normalized spacial score (nSPS) is 11.5. The van der Waals surface area contributed by atoms with E-state index in [0.29, 0.717) is 36.3 Å². The van der Waals surface area contributed by atoms with Gasteiger partial charge in [-0.2, -0.15) is 5.26 Å². The first-order valence-electron chi connectivity index (χ1n) is 6.87. The number of rotatable bonds is 7. The van der Waals surface area contributed by atoms with Crippen LogP contribution in [0.3, 0.4) is 0 Å². The molecule has 0 aliphatic carbocycles. The third kappa shape index (κ3) is 5.57. The molecule has 1 atom stereocenters. The average molecular weight is 307 g/mol. The van der Waals surface area contributed by atoms with Crippen LogP contribution < -0.4 is 0 Å². The molecule has 0 saturated heterocycles. The maximum atomic E-state index is 11.9. The Morgan fingerprint density at radius 3 is 2.48 bits per heavy atom. The molecule has 0 fully saturated rings. The summed E-state index contributed by atoms with van der Waals surface area (Å²) < 4.78 is 0. The molecule has 0 aliphatic heterocycles. The van der Waals surface area contributed by atoms with Gasteiger partial charge in [0, 0.05) is 36.5 Å². The second-order valence-corrected chi connectivity index (χ2v) is 5.44. The van der Waals surface area contributed by atoms with E-state index >= 15 is 0 Å². The van der Waals surface area contributed by atoms with Crippen molar-refractivity contribution in [1.82, 2.24) is 4.90 Å². The van der Waals surface area contributed by atoms with E-state index in [1.54, 1.807) is 36.2 Å². The molecule has 0 radical (unpaired) electrons. The first-order valence-corrected chi connectivity index (χ1v) is 7.25. The molecule has 1 amide bonds. The predicted octanol–water partition coefficient (Wildman–Crippen LogP) is 3.45. The summed E-state index contributed by atoms with van der Waals surface area (Å²) in [5.74, 6) is -0.0335. The van der Waals surface area contributed by atoms with Crippen LogP contribution in [-0.4, -0.2) is 29.7 Å². The Morgan fingerprint density at radius 2 is 1.90 bits per heavy atom. The fourth-order valence-electron chi connectivity index (χ4n) is 1.87. The van der Waals surface area contributed by atoms with Crippen molar-refractivity contribution in [3.05, 3.63) is 34.9 Å². The number of nitriles is 1. The van der Waals surface area contributed by atoms with Crippen molar-refractivity contribution in [1.29, 1.82) is 5.26 Å². The molecule has 5 heteroatoms. The molecule has 0 saturated carbocycles. The lowest BCUT2D eigenvalue weighted by molar-refractivity contribution is -0.131. The summed E-state index contributed by atoms with van der Waals surface area (Å²) in [7, 11) is 1.69. The van der Waals surface area contributed by atoms with Gasteiger partial charge in [0.05, 0.1) is 12.5 Å². The number of Topliss-reactive ketones (excluding diaryl/α,β-unsaturated/α-hetero) is 1. The summed E-state index contributed by atoms with van der Waals surface area (Å²) in [5, 5.41) is 9.21.